The van der Waals surface area contributed by atoms with Gasteiger partial charge in [0, 0.05) is 12.7 Å². The molecule has 0 aliphatic rings. The second-order valence-corrected chi connectivity index (χ2v) is 3.16. The van der Waals surface area contributed by atoms with Gasteiger partial charge in [0.05, 0.1) is 23.6 Å². The Labute approximate surface area is 77.4 Å². The van der Waals surface area contributed by atoms with Crippen molar-refractivity contribution in [2.24, 2.45) is 0 Å². The van der Waals surface area contributed by atoms with E-state index in [-0.39, 0.29) is 0 Å². The van der Waals surface area contributed by atoms with Crippen LogP contribution in [0, 0.1) is 0 Å². The number of hydrogen-bond donors (Lipinski definition) is 0. The van der Waals surface area contributed by atoms with Crippen molar-refractivity contribution in [2.75, 3.05) is 0 Å². The van der Waals surface area contributed by atoms with Gasteiger partial charge in [-0.3, -0.25) is 4.98 Å². The second-order valence-electron chi connectivity index (χ2n) is 3.16. The van der Waals surface area contributed by atoms with Crippen LogP contribution in [-0.2, 0) is 6.54 Å². The van der Waals surface area contributed by atoms with E-state index in [1.165, 1.54) is 12.8 Å². The number of hydrogen-bond acceptors (Lipinski definition) is 2. The summed E-state index contributed by atoms with van der Waals surface area (Å²) in [6.07, 6.45) is 7.94. The zero-order chi connectivity index (χ0) is 9.10. The summed E-state index contributed by atoms with van der Waals surface area (Å²) in [5, 5.41) is 0. The van der Waals surface area contributed by atoms with Gasteiger partial charge in [0.2, 0.25) is 0 Å². The van der Waals surface area contributed by atoms with E-state index in [9.17, 15) is 0 Å². The summed E-state index contributed by atoms with van der Waals surface area (Å²) in [4.78, 5) is 8.39. The van der Waals surface area contributed by atoms with Crippen LogP contribution in [0.1, 0.15) is 19.8 Å². The summed E-state index contributed by atoms with van der Waals surface area (Å²) in [6, 6.07) is 1.94. The quantitative estimate of drug-likeness (QED) is 0.716. The first-order valence-corrected chi connectivity index (χ1v) is 4.66. The van der Waals surface area contributed by atoms with E-state index in [2.05, 4.69) is 21.5 Å². The molecule has 2 aromatic rings. The van der Waals surface area contributed by atoms with Crippen molar-refractivity contribution >= 4 is 11.0 Å². The maximum Gasteiger partial charge on any atom is 0.0958 e. The highest BCUT2D eigenvalue weighted by Crippen LogP contribution is 2.10. The van der Waals surface area contributed by atoms with E-state index in [0.29, 0.717) is 0 Å². The molecule has 0 amide bonds. The molecule has 0 N–H and O–H groups in total. The Hall–Kier alpha value is -1.38. The van der Waals surface area contributed by atoms with Crippen LogP contribution in [0.3, 0.4) is 0 Å². The smallest absolute Gasteiger partial charge is 0.0958 e. The zero-order valence-electron chi connectivity index (χ0n) is 7.77. The standard InChI is InChI=1S/C10H13N3/c1-2-3-6-13-8-12-9-4-5-11-7-10(9)13/h4-5,7-8H,2-3,6H2,1H3. The van der Waals surface area contributed by atoms with E-state index in [0.717, 1.165) is 17.6 Å². The molecule has 0 aliphatic carbocycles. The summed E-state index contributed by atoms with van der Waals surface area (Å²) < 4.78 is 2.16. The molecule has 0 fully saturated rings. The molecule has 0 aliphatic heterocycles. The lowest BCUT2D eigenvalue weighted by Crippen LogP contribution is -1.95. The van der Waals surface area contributed by atoms with Gasteiger partial charge in [0.1, 0.15) is 0 Å². The molecule has 2 rings (SSSR count). The predicted molar refractivity (Wildman–Crippen MR) is 52.4 cm³/mol. The molecule has 0 radical (unpaired) electrons. The molecule has 68 valence electrons. The molecule has 0 aromatic carbocycles. The third kappa shape index (κ3) is 1.54. The van der Waals surface area contributed by atoms with Gasteiger partial charge < -0.3 is 4.57 Å². The van der Waals surface area contributed by atoms with Crippen molar-refractivity contribution in [1.82, 2.24) is 14.5 Å². The molecule has 0 spiro atoms. The van der Waals surface area contributed by atoms with Crippen LogP contribution in [0.15, 0.2) is 24.8 Å². The van der Waals surface area contributed by atoms with Gasteiger partial charge in [-0.15, -0.1) is 0 Å². The molecule has 2 aromatic heterocycles. The van der Waals surface area contributed by atoms with Gasteiger partial charge in [0.15, 0.2) is 0 Å². The lowest BCUT2D eigenvalue weighted by molar-refractivity contribution is 0.645. The fourth-order valence-corrected chi connectivity index (χ4v) is 1.41. The molecule has 3 heteroatoms. The third-order valence-electron chi connectivity index (χ3n) is 2.18. The number of rotatable bonds is 3. The van der Waals surface area contributed by atoms with Gasteiger partial charge in [-0.05, 0) is 12.5 Å². The molecule has 3 nitrogen and oxygen atoms in total. The highest BCUT2D eigenvalue weighted by atomic mass is 15.0. The molecule has 0 saturated heterocycles. The van der Waals surface area contributed by atoms with E-state index < -0.39 is 0 Å². The Kier molecular flexibility index (Phi) is 2.25. The Morgan fingerprint density at radius 1 is 1.46 bits per heavy atom. The first kappa shape index (κ1) is 8.23. The summed E-state index contributed by atoms with van der Waals surface area (Å²) in [6.45, 7) is 3.23. The van der Waals surface area contributed by atoms with Crippen molar-refractivity contribution in [3.63, 3.8) is 0 Å². The van der Waals surface area contributed by atoms with Crippen LogP contribution in [0.4, 0.5) is 0 Å². The summed E-state index contributed by atoms with van der Waals surface area (Å²) in [7, 11) is 0. The SMILES string of the molecule is CCCCn1cnc2ccncc21. The molecule has 0 atom stereocenters. The number of unbranched alkanes of at least 4 members (excludes halogenated alkanes) is 1. The highest BCUT2D eigenvalue weighted by molar-refractivity contribution is 5.73. The van der Waals surface area contributed by atoms with Crippen LogP contribution in [0.25, 0.3) is 11.0 Å². The lowest BCUT2D eigenvalue weighted by atomic mass is 10.3. The van der Waals surface area contributed by atoms with E-state index >= 15 is 0 Å². The minimum Gasteiger partial charge on any atom is -0.329 e. The maximum atomic E-state index is 4.29. The second kappa shape index (κ2) is 3.56. The van der Waals surface area contributed by atoms with Gasteiger partial charge in [-0.1, -0.05) is 13.3 Å². The lowest BCUT2D eigenvalue weighted by Gasteiger charge is -2.00. The first-order valence-electron chi connectivity index (χ1n) is 4.66. The van der Waals surface area contributed by atoms with Crippen LogP contribution in [0.5, 0.6) is 0 Å². The Balaban J connectivity index is 2.35. The van der Waals surface area contributed by atoms with Crippen LogP contribution >= 0.6 is 0 Å². The van der Waals surface area contributed by atoms with Crippen molar-refractivity contribution in [3.05, 3.63) is 24.8 Å². The fraction of sp³-hybridized carbons (Fsp3) is 0.400. The summed E-state index contributed by atoms with van der Waals surface area (Å²) >= 11 is 0. The van der Waals surface area contributed by atoms with Crippen LogP contribution in [0.2, 0.25) is 0 Å². The predicted octanol–water partition coefficient (Wildman–Crippen LogP) is 2.23. The minimum absolute atomic E-state index is 1.03. The van der Waals surface area contributed by atoms with Crippen LogP contribution < -0.4 is 0 Å². The number of nitrogens with zero attached hydrogens (tertiary/aromatic N) is 3. The molecule has 0 unspecified atom stereocenters. The average molecular weight is 175 g/mol. The molecule has 0 saturated carbocycles. The van der Waals surface area contributed by atoms with Gasteiger partial charge in [-0.25, -0.2) is 4.98 Å². The van der Waals surface area contributed by atoms with Gasteiger partial charge >= 0.3 is 0 Å². The van der Waals surface area contributed by atoms with Gasteiger partial charge in [-0.2, -0.15) is 0 Å². The van der Waals surface area contributed by atoms with E-state index in [1.54, 1.807) is 6.20 Å². The summed E-state index contributed by atoms with van der Waals surface area (Å²) in [5.74, 6) is 0. The molecule has 2 heterocycles. The molecular weight excluding hydrogens is 162 g/mol. The summed E-state index contributed by atoms with van der Waals surface area (Å²) in [5.41, 5.74) is 2.17. The fourth-order valence-electron chi connectivity index (χ4n) is 1.41. The minimum atomic E-state index is 1.03. The monoisotopic (exact) mass is 175 g/mol. The molecule has 0 bridgehead atoms. The number of aryl methyl sites for hydroxylation is 1. The Morgan fingerprint density at radius 2 is 2.38 bits per heavy atom. The number of aromatic nitrogens is 3. The topological polar surface area (TPSA) is 30.7 Å². The third-order valence-corrected chi connectivity index (χ3v) is 2.18. The normalized spacial score (nSPS) is 10.8. The zero-order valence-corrected chi connectivity index (χ0v) is 7.77. The van der Waals surface area contributed by atoms with E-state index in [4.69, 9.17) is 0 Å². The molecule has 13 heavy (non-hydrogen) atoms. The first-order chi connectivity index (χ1) is 6.42. The maximum absolute atomic E-state index is 4.29. The average Bonchev–Trinajstić information content (AvgIpc) is 2.58. The van der Waals surface area contributed by atoms with Gasteiger partial charge in [0.25, 0.3) is 0 Å². The van der Waals surface area contributed by atoms with E-state index in [1.807, 2.05) is 18.6 Å². The number of pyridine rings is 1. The Bertz CT molecular complexity index is 392. The molecular formula is C10H13N3. The van der Waals surface area contributed by atoms with Crippen molar-refractivity contribution in [2.45, 2.75) is 26.3 Å². The number of imidazole rings is 1. The van der Waals surface area contributed by atoms with Crippen molar-refractivity contribution in [1.29, 1.82) is 0 Å². The number of fused-ring (bicyclic) bond motifs is 1. The van der Waals surface area contributed by atoms with Crippen LogP contribution in [-0.4, -0.2) is 14.5 Å². The largest absolute Gasteiger partial charge is 0.329 e. The highest BCUT2D eigenvalue weighted by Gasteiger charge is 1.99. The van der Waals surface area contributed by atoms with Crippen molar-refractivity contribution in [3.8, 4) is 0 Å². The Morgan fingerprint density at radius 3 is 3.23 bits per heavy atom. The van der Waals surface area contributed by atoms with Crippen molar-refractivity contribution < 1.29 is 0 Å².